The summed E-state index contributed by atoms with van der Waals surface area (Å²) in [7, 11) is -3.78. The molecule has 2 amide bonds. The molecule has 126 valence electrons. The van der Waals surface area contributed by atoms with Crippen LogP contribution in [0, 0.1) is 11.8 Å². The standard InChI is InChI=1S/C15H21N3O4S/c1-10-7-11(2)9-18(8-10)15(20)14(19)17-12-3-5-13(6-4-12)23(16,21)22/h3-6,10-11H,7-9H2,1-2H3,(H,17,19)(H2,16,21,22). The SMILES string of the molecule is CC1CC(C)CN(C(=O)C(=O)Nc2ccc(S(N)(=O)=O)cc2)C1. The maximum absolute atomic E-state index is 12.2. The highest BCUT2D eigenvalue weighted by molar-refractivity contribution is 7.89. The molecule has 0 aliphatic carbocycles. The molecule has 1 fully saturated rings. The van der Waals surface area contributed by atoms with Crippen molar-refractivity contribution in [3.63, 3.8) is 0 Å². The highest BCUT2D eigenvalue weighted by atomic mass is 32.2. The number of hydrogen-bond acceptors (Lipinski definition) is 4. The summed E-state index contributed by atoms with van der Waals surface area (Å²) in [5.74, 6) is -0.567. The predicted molar refractivity (Wildman–Crippen MR) is 86.0 cm³/mol. The first-order valence-corrected chi connectivity index (χ1v) is 8.94. The molecule has 0 bridgehead atoms. The van der Waals surface area contributed by atoms with Gasteiger partial charge in [-0.05, 0) is 42.5 Å². The molecule has 1 aliphatic rings. The van der Waals surface area contributed by atoms with Crippen LogP contribution in [0.2, 0.25) is 0 Å². The van der Waals surface area contributed by atoms with Crippen molar-refractivity contribution in [3.05, 3.63) is 24.3 Å². The molecule has 0 spiro atoms. The number of rotatable bonds is 2. The number of likely N-dealkylation sites (tertiary alicyclic amines) is 1. The molecule has 23 heavy (non-hydrogen) atoms. The van der Waals surface area contributed by atoms with Gasteiger partial charge < -0.3 is 10.2 Å². The second-order valence-corrected chi connectivity index (χ2v) is 7.74. The van der Waals surface area contributed by atoms with Crippen molar-refractivity contribution in [1.82, 2.24) is 4.90 Å². The van der Waals surface area contributed by atoms with Gasteiger partial charge in [0.25, 0.3) is 0 Å². The zero-order valence-corrected chi connectivity index (χ0v) is 14.0. The summed E-state index contributed by atoms with van der Waals surface area (Å²) in [6.45, 7) is 5.25. The minimum atomic E-state index is -3.78. The third-order valence-corrected chi connectivity index (χ3v) is 4.72. The van der Waals surface area contributed by atoms with Crippen molar-refractivity contribution >= 4 is 27.5 Å². The van der Waals surface area contributed by atoms with Gasteiger partial charge >= 0.3 is 11.8 Å². The highest BCUT2D eigenvalue weighted by Gasteiger charge is 2.29. The molecule has 1 saturated heterocycles. The molecule has 0 aromatic heterocycles. The zero-order chi connectivity index (χ0) is 17.2. The second-order valence-electron chi connectivity index (χ2n) is 6.18. The monoisotopic (exact) mass is 339 g/mol. The number of hydrogen-bond donors (Lipinski definition) is 2. The number of carbonyl (C=O) groups excluding carboxylic acids is 2. The minimum Gasteiger partial charge on any atom is -0.334 e. The first-order valence-electron chi connectivity index (χ1n) is 7.40. The van der Waals surface area contributed by atoms with E-state index in [4.69, 9.17) is 5.14 Å². The lowest BCUT2D eigenvalue weighted by Gasteiger charge is -2.34. The molecule has 0 radical (unpaired) electrons. The van der Waals surface area contributed by atoms with Crippen LogP contribution in [0.3, 0.4) is 0 Å². The summed E-state index contributed by atoms with van der Waals surface area (Å²) in [6, 6.07) is 5.35. The van der Waals surface area contributed by atoms with E-state index in [2.05, 4.69) is 19.2 Å². The van der Waals surface area contributed by atoms with E-state index in [0.717, 1.165) is 6.42 Å². The van der Waals surface area contributed by atoms with Gasteiger partial charge in [-0.15, -0.1) is 0 Å². The predicted octanol–water partition coefficient (Wildman–Crippen LogP) is 0.777. The maximum atomic E-state index is 12.2. The first kappa shape index (κ1) is 17.4. The average Bonchev–Trinajstić information content (AvgIpc) is 2.45. The Morgan fingerprint density at radius 1 is 1.13 bits per heavy atom. The topological polar surface area (TPSA) is 110 Å². The van der Waals surface area contributed by atoms with Crippen LogP contribution in [0.25, 0.3) is 0 Å². The van der Waals surface area contributed by atoms with Crippen molar-refractivity contribution in [1.29, 1.82) is 0 Å². The first-order chi connectivity index (χ1) is 10.7. The number of benzene rings is 1. The number of nitrogens with two attached hydrogens (primary N) is 1. The van der Waals surface area contributed by atoms with E-state index < -0.39 is 21.8 Å². The summed E-state index contributed by atoms with van der Waals surface area (Å²) in [4.78, 5) is 25.8. The van der Waals surface area contributed by atoms with Gasteiger partial charge in [0.05, 0.1) is 4.90 Å². The van der Waals surface area contributed by atoms with E-state index in [1.165, 1.54) is 24.3 Å². The van der Waals surface area contributed by atoms with Gasteiger partial charge in [0.2, 0.25) is 10.0 Å². The van der Waals surface area contributed by atoms with Gasteiger partial charge in [-0.25, -0.2) is 13.6 Å². The Kier molecular flexibility index (Phi) is 5.06. The lowest BCUT2D eigenvalue weighted by atomic mass is 9.92. The van der Waals surface area contributed by atoms with E-state index in [0.29, 0.717) is 30.6 Å². The summed E-state index contributed by atoms with van der Waals surface area (Å²) >= 11 is 0. The molecule has 2 atom stereocenters. The molecular formula is C15H21N3O4S. The van der Waals surface area contributed by atoms with Crippen LogP contribution in [0.5, 0.6) is 0 Å². The summed E-state index contributed by atoms with van der Waals surface area (Å²) in [5.41, 5.74) is 0.342. The Balaban J connectivity index is 2.02. The average molecular weight is 339 g/mol. The minimum absolute atomic E-state index is 0.0551. The van der Waals surface area contributed by atoms with Gasteiger partial charge in [0.15, 0.2) is 0 Å². The van der Waals surface area contributed by atoms with Gasteiger partial charge in [0.1, 0.15) is 0 Å². The van der Waals surface area contributed by atoms with Gasteiger partial charge in [-0.3, -0.25) is 9.59 Å². The number of amides is 2. The van der Waals surface area contributed by atoms with Crippen LogP contribution >= 0.6 is 0 Å². The molecule has 2 rings (SSSR count). The maximum Gasteiger partial charge on any atom is 0.313 e. The third-order valence-electron chi connectivity index (χ3n) is 3.79. The number of carbonyl (C=O) groups is 2. The third kappa shape index (κ3) is 4.52. The van der Waals surface area contributed by atoms with Crippen LogP contribution in [-0.4, -0.2) is 38.2 Å². The van der Waals surface area contributed by atoms with Crippen LogP contribution < -0.4 is 10.5 Å². The largest absolute Gasteiger partial charge is 0.334 e. The molecule has 1 aromatic rings. The molecule has 1 aromatic carbocycles. The van der Waals surface area contributed by atoms with E-state index in [1.54, 1.807) is 4.90 Å². The molecule has 2 unspecified atom stereocenters. The number of sulfonamides is 1. The lowest BCUT2D eigenvalue weighted by Crippen LogP contribution is -2.47. The molecule has 0 saturated carbocycles. The van der Waals surface area contributed by atoms with E-state index in [-0.39, 0.29) is 4.90 Å². The van der Waals surface area contributed by atoms with Crippen LogP contribution in [0.15, 0.2) is 29.2 Å². The van der Waals surface area contributed by atoms with E-state index in [1.807, 2.05) is 0 Å². The molecule has 1 aliphatic heterocycles. The summed E-state index contributed by atoms with van der Waals surface area (Å²) in [6.07, 6.45) is 1.04. The van der Waals surface area contributed by atoms with E-state index >= 15 is 0 Å². The smallest absolute Gasteiger partial charge is 0.313 e. The normalized spacial score (nSPS) is 21.8. The van der Waals surface area contributed by atoms with Crippen molar-refractivity contribution in [2.24, 2.45) is 17.0 Å². The quantitative estimate of drug-likeness (QED) is 0.776. The number of piperidine rings is 1. The van der Waals surface area contributed by atoms with Gasteiger partial charge in [0, 0.05) is 18.8 Å². The fraction of sp³-hybridized carbons (Fsp3) is 0.467. The molecule has 1 heterocycles. The fourth-order valence-corrected chi connectivity index (χ4v) is 3.40. The van der Waals surface area contributed by atoms with Crippen molar-refractivity contribution < 1.29 is 18.0 Å². The number of primary sulfonamides is 1. The fourth-order valence-electron chi connectivity index (χ4n) is 2.88. The number of nitrogens with one attached hydrogen (secondary N) is 1. The Hall–Kier alpha value is -1.93. The Morgan fingerprint density at radius 3 is 2.13 bits per heavy atom. The number of anilines is 1. The van der Waals surface area contributed by atoms with Gasteiger partial charge in [-0.2, -0.15) is 0 Å². The highest BCUT2D eigenvalue weighted by Crippen LogP contribution is 2.21. The van der Waals surface area contributed by atoms with Crippen LogP contribution in [0.4, 0.5) is 5.69 Å². The van der Waals surface area contributed by atoms with E-state index in [9.17, 15) is 18.0 Å². The van der Waals surface area contributed by atoms with Crippen molar-refractivity contribution in [3.8, 4) is 0 Å². The number of nitrogens with zero attached hydrogens (tertiary/aromatic N) is 1. The van der Waals surface area contributed by atoms with Crippen LogP contribution in [0.1, 0.15) is 20.3 Å². The Labute approximate surface area is 135 Å². The van der Waals surface area contributed by atoms with Gasteiger partial charge in [-0.1, -0.05) is 13.8 Å². The summed E-state index contributed by atoms with van der Waals surface area (Å²) in [5, 5.41) is 7.49. The molecule has 8 heteroatoms. The van der Waals surface area contributed by atoms with Crippen molar-refractivity contribution in [2.45, 2.75) is 25.2 Å². The second kappa shape index (κ2) is 6.67. The zero-order valence-electron chi connectivity index (χ0n) is 13.2. The molecule has 7 nitrogen and oxygen atoms in total. The lowest BCUT2D eigenvalue weighted by molar-refractivity contribution is -0.144. The summed E-state index contributed by atoms with van der Waals surface area (Å²) < 4.78 is 22.3. The Bertz CT molecular complexity index is 690. The van der Waals surface area contributed by atoms with Crippen LogP contribution in [-0.2, 0) is 19.6 Å². The molecule has 3 N–H and O–H groups in total. The Morgan fingerprint density at radius 2 is 1.65 bits per heavy atom. The van der Waals surface area contributed by atoms with Crippen molar-refractivity contribution in [2.75, 3.05) is 18.4 Å². The molecular weight excluding hydrogens is 318 g/mol.